The zero-order valence-electron chi connectivity index (χ0n) is 8.88. The van der Waals surface area contributed by atoms with E-state index in [2.05, 4.69) is 0 Å². The van der Waals surface area contributed by atoms with Crippen LogP contribution in [0.15, 0.2) is 18.2 Å². The molecule has 1 fully saturated rings. The molecule has 0 unspecified atom stereocenters. The van der Waals surface area contributed by atoms with Crippen molar-refractivity contribution in [2.45, 2.75) is 31.3 Å². The Morgan fingerprint density at radius 2 is 1.88 bits per heavy atom. The zero-order valence-corrected chi connectivity index (χ0v) is 8.88. The van der Waals surface area contributed by atoms with Gasteiger partial charge in [-0.25, -0.2) is 8.78 Å². The molecule has 16 heavy (non-hydrogen) atoms. The molecule has 1 saturated carbocycles. The highest BCUT2D eigenvalue weighted by Gasteiger charge is 2.31. The molecule has 0 aliphatic heterocycles. The van der Waals surface area contributed by atoms with Gasteiger partial charge in [0.25, 0.3) is 0 Å². The quantitative estimate of drug-likeness (QED) is 0.861. The van der Waals surface area contributed by atoms with Gasteiger partial charge >= 0.3 is 0 Å². The van der Waals surface area contributed by atoms with Crippen molar-refractivity contribution in [2.24, 2.45) is 0 Å². The van der Waals surface area contributed by atoms with Crippen LogP contribution in [0.2, 0.25) is 0 Å². The highest BCUT2D eigenvalue weighted by atomic mass is 19.2. The van der Waals surface area contributed by atoms with Crippen LogP contribution in [-0.4, -0.2) is 17.3 Å². The second kappa shape index (κ2) is 4.37. The van der Waals surface area contributed by atoms with Crippen molar-refractivity contribution < 1.29 is 18.6 Å². The summed E-state index contributed by atoms with van der Waals surface area (Å²) in [6, 6.07) is 3.37. The molecule has 4 heteroatoms. The topological polar surface area (TPSA) is 29.5 Å². The van der Waals surface area contributed by atoms with E-state index in [0.717, 1.165) is 25.0 Å². The van der Waals surface area contributed by atoms with E-state index in [1.54, 1.807) is 0 Å². The first-order valence-electron chi connectivity index (χ1n) is 5.39. The number of aliphatic hydroxyl groups is 1. The smallest absolute Gasteiger partial charge is 0.162 e. The molecule has 0 heterocycles. The van der Waals surface area contributed by atoms with Crippen molar-refractivity contribution in [3.05, 3.63) is 29.8 Å². The van der Waals surface area contributed by atoms with Crippen LogP contribution in [0.1, 0.15) is 25.7 Å². The summed E-state index contributed by atoms with van der Waals surface area (Å²) in [5, 5.41) is 9.98. The van der Waals surface area contributed by atoms with Gasteiger partial charge < -0.3 is 9.84 Å². The standard InChI is InChI=1S/C12H14F2O2/c13-10-4-3-9(7-11(10)14)16-8-12(15)5-1-2-6-12/h3-4,7,15H,1-2,5-6,8H2. The van der Waals surface area contributed by atoms with Gasteiger partial charge in [-0.3, -0.25) is 0 Å². The summed E-state index contributed by atoms with van der Waals surface area (Å²) in [5.41, 5.74) is -0.801. The molecule has 1 aliphatic rings. The van der Waals surface area contributed by atoms with Crippen LogP contribution in [-0.2, 0) is 0 Å². The molecule has 0 bridgehead atoms. The van der Waals surface area contributed by atoms with Crippen LogP contribution >= 0.6 is 0 Å². The van der Waals surface area contributed by atoms with Gasteiger partial charge in [0.2, 0.25) is 0 Å². The van der Waals surface area contributed by atoms with Gasteiger partial charge in [0.05, 0.1) is 5.60 Å². The highest BCUT2D eigenvalue weighted by molar-refractivity contribution is 5.23. The van der Waals surface area contributed by atoms with E-state index < -0.39 is 17.2 Å². The molecule has 1 aliphatic carbocycles. The largest absolute Gasteiger partial charge is 0.490 e. The number of rotatable bonds is 3. The summed E-state index contributed by atoms with van der Waals surface area (Å²) in [6.07, 6.45) is 3.38. The monoisotopic (exact) mass is 228 g/mol. The first kappa shape index (κ1) is 11.3. The van der Waals surface area contributed by atoms with Gasteiger partial charge in [-0.2, -0.15) is 0 Å². The minimum atomic E-state index is -0.934. The molecule has 2 rings (SSSR count). The Labute approximate surface area is 92.9 Å². The van der Waals surface area contributed by atoms with E-state index in [0.29, 0.717) is 12.8 Å². The second-order valence-corrected chi connectivity index (χ2v) is 4.30. The van der Waals surface area contributed by atoms with Crippen molar-refractivity contribution >= 4 is 0 Å². The Bertz CT molecular complexity index is 373. The van der Waals surface area contributed by atoms with Gasteiger partial charge in [0, 0.05) is 6.07 Å². The maximum atomic E-state index is 12.9. The fraction of sp³-hybridized carbons (Fsp3) is 0.500. The van der Waals surface area contributed by atoms with Gasteiger partial charge in [-0.15, -0.1) is 0 Å². The third kappa shape index (κ3) is 2.50. The van der Waals surface area contributed by atoms with Gasteiger partial charge in [0.15, 0.2) is 11.6 Å². The Kier molecular flexibility index (Phi) is 3.10. The van der Waals surface area contributed by atoms with Gasteiger partial charge in [-0.05, 0) is 25.0 Å². The number of ether oxygens (including phenoxy) is 1. The van der Waals surface area contributed by atoms with Crippen LogP contribution in [0.25, 0.3) is 0 Å². The van der Waals surface area contributed by atoms with E-state index in [1.807, 2.05) is 0 Å². The molecule has 0 spiro atoms. The minimum Gasteiger partial charge on any atom is -0.490 e. The molecule has 2 nitrogen and oxygen atoms in total. The summed E-state index contributed by atoms with van der Waals surface area (Å²) in [6.45, 7) is 0.137. The van der Waals surface area contributed by atoms with Crippen LogP contribution in [0, 0.1) is 11.6 Å². The summed E-state index contributed by atoms with van der Waals surface area (Å²) >= 11 is 0. The first-order valence-corrected chi connectivity index (χ1v) is 5.39. The third-order valence-electron chi connectivity index (χ3n) is 2.93. The second-order valence-electron chi connectivity index (χ2n) is 4.30. The van der Waals surface area contributed by atoms with Crippen LogP contribution in [0.5, 0.6) is 5.75 Å². The molecular formula is C12H14F2O2. The first-order chi connectivity index (χ1) is 7.59. The maximum absolute atomic E-state index is 12.9. The molecule has 0 aromatic heterocycles. The molecule has 1 aromatic rings. The maximum Gasteiger partial charge on any atom is 0.162 e. The lowest BCUT2D eigenvalue weighted by Gasteiger charge is -2.22. The van der Waals surface area contributed by atoms with E-state index >= 15 is 0 Å². The van der Waals surface area contributed by atoms with E-state index in [-0.39, 0.29) is 12.4 Å². The van der Waals surface area contributed by atoms with Crippen molar-refractivity contribution in [3.8, 4) is 5.75 Å². The normalized spacial score (nSPS) is 18.7. The summed E-state index contributed by atoms with van der Waals surface area (Å²) in [5.74, 6) is -1.58. The molecule has 0 amide bonds. The van der Waals surface area contributed by atoms with E-state index in [1.165, 1.54) is 6.07 Å². The lowest BCUT2D eigenvalue weighted by molar-refractivity contribution is 0.00129. The Morgan fingerprint density at radius 3 is 2.50 bits per heavy atom. The fourth-order valence-electron chi connectivity index (χ4n) is 1.96. The molecule has 1 aromatic carbocycles. The van der Waals surface area contributed by atoms with Crippen molar-refractivity contribution in [3.63, 3.8) is 0 Å². The van der Waals surface area contributed by atoms with Crippen LogP contribution in [0.4, 0.5) is 8.78 Å². The minimum absolute atomic E-state index is 0.137. The zero-order chi connectivity index (χ0) is 11.6. The molecule has 0 atom stereocenters. The van der Waals surface area contributed by atoms with Gasteiger partial charge in [-0.1, -0.05) is 12.8 Å². The number of benzene rings is 1. The molecule has 0 saturated heterocycles. The molecule has 88 valence electrons. The summed E-state index contributed by atoms with van der Waals surface area (Å²) in [7, 11) is 0. The van der Waals surface area contributed by atoms with Gasteiger partial charge in [0.1, 0.15) is 12.4 Å². The number of hydrogen-bond acceptors (Lipinski definition) is 2. The van der Waals surface area contributed by atoms with Crippen molar-refractivity contribution in [1.82, 2.24) is 0 Å². The predicted octanol–water partition coefficient (Wildman–Crippen LogP) is 2.65. The van der Waals surface area contributed by atoms with Crippen LogP contribution < -0.4 is 4.74 Å². The molecule has 0 radical (unpaired) electrons. The lowest BCUT2D eigenvalue weighted by Crippen LogP contribution is -2.32. The predicted molar refractivity (Wildman–Crippen MR) is 55.3 cm³/mol. The molecule has 1 N–H and O–H groups in total. The van der Waals surface area contributed by atoms with Crippen LogP contribution in [0.3, 0.4) is 0 Å². The number of halogens is 2. The Morgan fingerprint density at radius 1 is 1.19 bits per heavy atom. The Balaban J connectivity index is 1.96. The summed E-state index contributed by atoms with van der Waals surface area (Å²) < 4.78 is 30.8. The average molecular weight is 228 g/mol. The Hall–Kier alpha value is -1.16. The summed E-state index contributed by atoms with van der Waals surface area (Å²) in [4.78, 5) is 0. The SMILES string of the molecule is OC1(COc2ccc(F)c(F)c2)CCCC1. The molecular weight excluding hydrogens is 214 g/mol. The van der Waals surface area contributed by atoms with Crippen molar-refractivity contribution in [1.29, 1.82) is 0 Å². The van der Waals surface area contributed by atoms with E-state index in [4.69, 9.17) is 4.74 Å². The average Bonchev–Trinajstić information content (AvgIpc) is 2.68. The van der Waals surface area contributed by atoms with E-state index in [9.17, 15) is 13.9 Å². The third-order valence-corrected chi connectivity index (χ3v) is 2.93. The van der Waals surface area contributed by atoms with Crippen molar-refractivity contribution in [2.75, 3.05) is 6.61 Å². The fourth-order valence-corrected chi connectivity index (χ4v) is 1.96. The number of hydrogen-bond donors (Lipinski definition) is 1. The highest BCUT2D eigenvalue weighted by Crippen LogP contribution is 2.30. The lowest BCUT2D eigenvalue weighted by atomic mass is 10.0.